The fraction of sp³-hybridized carbons (Fsp3) is 1.00. The lowest BCUT2D eigenvalue weighted by molar-refractivity contribution is -0.295. The van der Waals surface area contributed by atoms with Crippen molar-refractivity contribution >= 4 is 0 Å². The Morgan fingerprint density at radius 1 is 1.29 bits per heavy atom. The van der Waals surface area contributed by atoms with Gasteiger partial charge in [-0.15, -0.1) is 0 Å². The lowest BCUT2D eigenvalue weighted by Gasteiger charge is -2.80. The molecular weight excluding hydrogens is 254 g/mol. The van der Waals surface area contributed by atoms with Crippen molar-refractivity contribution in [2.45, 2.75) is 86.0 Å². The molecular formula is C20H37N. The Bertz CT molecular complexity index is 732. The van der Waals surface area contributed by atoms with Gasteiger partial charge >= 0.3 is 0 Å². The van der Waals surface area contributed by atoms with Crippen molar-refractivity contribution in [2.24, 2.45) is 33.4 Å². The molecule has 122 valence electrons. The van der Waals surface area contributed by atoms with Crippen molar-refractivity contribution in [3.8, 4) is 0 Å². The molecule has 1 N–H and O–H groups in total. The fourth-order valence-electron chi connectivity index (χ4n) is 5.87. The minimum atomic E-state index is -2.61. The monoisotopic (exact) mass is 299 g/mol. The van der Waals surface area contributed by atoms with E-state index in [-0.39, 0.29) is 12.8 Å². The first kappa shape index (κ1) is 8.71. The van der Waals surface area contributed by atoms with Crippen molar-refractivity contribution in [1.29, 1.82) is 0 Å². The summed E-state index contributed by atoms with van der Waals surface area (Å²) >= 11 is 0. The highest BCUT2D eigenvalue weighted by Crippen LogP contribution is 2.80. The van der Waals surface area contributed by atoms with Gasteiger partial charge in [0.15, 0.2) is 0 Å². The summed E-state index contributed by atoms with van der Waals surface area (Å²) in [6, 6.07) is 0. The van der Waals surface area contributed by atoms with Gasteiger partial charge < -0.3 is 5.32 Å². The first-order chi connectivity index (χ1) is 12.6. The van der Waals surface area contributed by atoms with Gasteiger partial charge in [0.05, 0.1) is 0 Å². The van der Waals surface area contributed by atoms with Gasteiger partial charge in [-0.05, 0) is 72.5 Å². The van der Waals surface area contributed by atoms with Crippen LogP contribution in [-0.4, -0.2) is 12.6 Å². The molecule has 4 saturated carbocycles. The molecule has 1 heteroatoms. The Hall–Kier alpha value is -0.0400. The van der Waals surface area contributed by atoms with E-state index in [4.69, 9.17) is 2.74 Å². The highest BCUT2D eigenvalue weighted by atomic mass is 15.0. The second-order valence-electron chi connectivity index (χ2n) is 8.75. The molecule has 0 aliphatic heterocycles. The Labute approximate surface area is 143 Å². The van der Waals surface area contributed by atoms with Gasteiger partial charge in [-0.3, -0.25) is 0 Å². The molecule has 0 heterocycles. The van der Waals surface area contributed by atoms with E-state index in [1.807, 2.05) is 34.6 Å². The lowest BCUT2D eigenvalue weighted by Crippen LogP contribution is -2.76. The quantitative estimate of drug-likeness (QED) is 0.734. The van der Waals surface area contributed by atoms with E-state index >= 15 is 0 Å². The predicted octanol–water partition coefficient (Wildman–Crippen LogP) is 5.25. The zero-order chi connectivity index (χ0) is 23.1. The lowest BCUT2D eigenvalue weighted by atomic mass is 9.26. The van der Waals surface area contributed by atoms with Crippen LogP contribution in [0.15, 0.2) is 0 Å². The highest BCUT2D eigenvalue weighted by Gasteiger charge is 2.75. The minimum absolute atomic E-state index is 0.0332. The van der Waals surface area contributed by atoms with Crippen LogP contribution in [0.2, 0.25) is 0 Å². The molecule has 5 atom stereocenters. The average molecular weight is 300 g/mol. The highest BCUT2D eigenvalue weighted by molar-refractivity contribution is 5.26. The molecule has 0 saturated heterocycles. The molecule has 0 aromatic heterocycles. The second kappa shape index (κ2) is 4.08. The van der Waals surface area contributed by atoms with Gasteiger partial charge in [0.2, 0.25) is 0 Å². The van der Waals surface area contributed by atoms with E-state index in [0.29, 0.717) is 0 Å². The van der Waals surface area contributed by atoms with Crippen LogP contribution in [0.1, 0.15) is 91.4 Å². The van der Waals surface area contributed by atoms with E-state index in [0.717, 1.165) is 0 Å². The molecule has 5 unspecified atom stereocenters. The summed E-state index contributed by atoms with van der Waals surface area (Å²) in [6.07, 6.45) is -7.31. The van der Waals surface area contributed by atoms with Crippen LogP contribution in [0.25, 0.3) is 0 Å². The third kappa shape index (κ3) is 1.53. The van der Waals surface area contributed by atoms with Crippen LogP contribution < -0.4 is 5.32 Å². The number of nitrogens with one attached hydrogen (secondary N) is 1. The topological polar surface area (TPSA) is 12.0 Å². The summed E-state index contributed by atoms with van der Waals surface area (Å²) in [4.78, 5) is 0. The fourth-order valence-corrected chi connectivity index (χ4v) is 5.87. The Morgan fingerprint density at radius 3 is 2.38 bits per heavy atom. The second-order valence-corrected chi connectivity index (χ2v) is 8.75. The third-order valence-electron chi connectivity index (χ3n) is 7.02. The SMILES string of the molecule is [2H]C1([2H])C2(NC)CC3(C(C)(C)C)C([2H])(C)C1([2H])C([2H])([2H])C(CC)(C2([2H])[2H])C3(C)C. The van der Waals surface area contributed by atoms with Crippen LogP contribution in [0.5, 0.6) is 0 Å². The Balaban J connectivity index is 2.71. The van der Waals surface area contributed by atoms with Crippen LogP contribution in [0.4, 0.5) is 0 Å². The number of hydrogen-bond acceptors (Lipinski definition) is 1. The summed E-state index contributed by atoms with van der Waals surface area (Å²) in [6.45, 7) is 12.9. The molecule has 0 radical (unpaired) electrons. The molecule has 0 aromatic rings. The molecule has 1 nitrogen and oxygen atoms in total. The third-order valence-corrected chi connectivity index (χ3v) is 7.02. The van der Waals surface area contributed by atoms with E-state index in [1.54, 1.807) is 6.92 Å². The maximum absolute atomic E-state index is 9.55. The molecule has 4 bridgehead atoms. The molecule has 21 heavy (non-hydrogen) atoms. The van der Waals surface area contributed by atoms with Gasteiger partial charge in [0, 0.05) is 16.5 Å². The van der Waals surface area contributed by atoms with Crippen molar-refractivity contribution < 1.29 is 11.0 Å². The van der Waals surface area contributed by atoms with E-state index < -0.39 is 58.1 Å². The zero-order valence-corrected chi connectivity index (χ0v) is 14.9. The van der Waals surface area contributed by atoms with Crippen LogP contribution in [-0.2, 0) is 0 Å². The van der Waals surface area contributed by atoms with Gasteiger partial charge in [-0.2, -0.15) is 0 Å². The zero-order valence-electron chi connectivity index (χ0n) is 22.9. The summed E-state index contributed by atoms with van der Waals surface area (Å²) < 4.78 is 74.2. The molecule has 4 aliphatic carbocycles. The molecule has 0 aromatic carbocycles. The summed E-state index contributed by atoms with van der Waals surface area (Å²) in [7, 11) is 1.52. The molecule has 4 rings (SSSR count). The van der Waals surface area contributed by atoms with Crippen molar-refractivity contribution in [3.63, 3.8) is 0 Å². The summed E-state index contributed by atoms with van der Waals surface area (Å²) in [5, 5.41) is 2.96. The predicted molar refractivity (Wildman–Crippen MR) is 91.3 cm³/mol. The van der Waals surface area contributed by atoms with Crippen LogP contribution in [0, 0.1) is 33.4 Å². The normalized spacial score (nSPS) is 71.2. The van der Waals surface area contributed by atoms with E-state index in [2.05, 4.69) is 5.32 Å². The van der Waals surface area contributed by atoms with Gasteiger partial charge in [-0.1, -0.05) is 48.5 Å². The van der Waals surface area contributed by atoms with E-state index in [1.165, 1.54) is 14.0 Å². The Kier molecular flexibility index (Phi) is 1.69. The summed E-state index contributed by atoms with van der Waals surface area (Å²) in [5.41, 5.74) is -6.07. The average Bonchev–Trinajstić information content (AvgIpc) is 2.49. The summed E-state index contributed by atoms with van der Waals surface area (Å²) in [5.74, 6) is -4.27. The Morgan fingerprint density at radius 2 is 1.90 bits per heavy atom. The molecule has 4 aliphatic rings. The standard InChI is InChI=1S/C20H37N/c1-9-18-10-15-11-19(12-18,21-8)13-20(14(15)2,16(3,4)5)17(18,6)7/h14-15,21H,9-13H2,1-8H3/i10D2,11D2,12D2,14D,15D. The maximum atomic E-state index is 9.55. The van der Waals surface area contributed by atoms with Crippen molar-refractivity contribution in [2.75, 3.05) is 7.05 Å². The number of rotatable bonds is 2. The van der Waals surface area contributed by atoms with Gasteiger partial charge in [0.25, 0.3) is 0 Å². The van der Waals surface area contributed by atoms with Crippen LogP contribution in [0.3, 0.4) is 0 Å². The first-order valence-corrected chi connectivity index (χ1v) is 8.27. The van der Waals surface area contributed by atoms with Gasteiger partial charge in [0.1, 0.15) is 0 Å². The largest absolute Gasteiger partial charge is 0.314 e. The molecule has 0 amide bonds. The molecule has 0 spiro atoms. The van der Waals surface area contributed by atoms with Crippen molar-refractivity contribution in [3.05, 3.63) is 0 Å². The maximum Gasteiger partial charge on any atom is 0.0309 e. The smallest absolute Gasteiger partial charge is 0.0309 e. The van der Waals surface area contributed by atoms with Gasteiger partial charge in [-0.25, -0.2) is 0 Å². The van der Waals surface area contributed by atoms with E-state index in [9.17, 15) is 8.22 Å². The minimum Gasteiger partial charge on any atom is -0.314 e. The number of hydrogen-bond donors (Lipinski definition) is 1. The molecule has 4 fully saturated rings. The van der Waals surface area contributed by atoms with Crippen molar-refractivity contribution in [1.82, 2.24) is 5.32 Å². The first-order valence-electron chi connectivity index (χ1n) is 12.3. The van der Waals surface area contributed by atoms with Crippen LogP contribution >= 0.6 is 0 Å².